The van der Waals surface area contributed by atoms with Gasteiger partial charge in [-0.2, -0.15) is 5.10 Å². The molecule has 0 radical (unpaired) electrons. The smallest absolute Gasteiger partial charge is 0.228 e. The van der Waals surface area contributed by atoms with Crippen LogP contribution in [0.25, 0.3) is 0 Å². The van der Waals surface area contributed by atoms with Crippen molar-refractivity contribution in [2.45, 2.75) is 67.6 Å². The van der Waals surface area contributed by atoms with E-state index in [2.05, 4.69) is 20.8 Å². The highest BCUT2D eigenvalue weighted by Gasteiger charge is 2.50. The first kappa shape index (κ1) is 17.1. The van der Waals surface area contributed by atoms with E-state index in [-0.39, 0.29) is 11.3 Å². The van der Waals surface area contributed by atoms with Gasteiger partial charge in [-0.25, -0.2) is 4.98 Å². The van der Waals surface area contributed by atoms with Crippen molar-refractivity contribution in [1.29, 1.82) is 0 Å². The van der Waals surface area contributed by atoms with Crippen molar-refractivity contribution < 1.29 is 4.79 Å². The van der Waals surface area contributed by atoms with E-state index < -0.39 is 0 Å². The van der Waals surface area contributed by atoms with Crippen molar-refractivity contribution in [1.82, 2.24) is 20.1 Å². The highest BCUT2D eigenvalue weighted by molar-refractivity contribution is 8.01. The topological polar surface area (TPSA) is 59.8 Å². The molecule has 2 aliphatic carbocycles. The van der Waals surface area contributed by atoms with Gasteiger partial charge in [-0.15, -0.1) is 11.3 Å². The molecule has 0 unspecified atom stereocenters. The quantitative estimate of drug-likeness (QED) is 0.836. The highest BCUT2D eigenvalue weighted by Crippen LogP contribution is 2.47. The summed E-state index contributed by atoms with van der Waals surface area (Å²) < 4.78 is 3.07. The zero-order chi connectivity index (χ0) is 17.3. The lowest BCUT2D eigenvalue weighted by Crippen LogP contribution is -2.43. The largest absolute Gasteiger partial charge is 0.353 e. The molecule has 4 rings (SSSR count). The van der Waals surface area contributed by atoms with Crippen LogP contribution < -0.4 is 5.32 Å². The van der Waals surface area contributed by atoms with E-state index in [1.165, 1.54) is 4.34 Å². The molecule has 5 nitrogen and oxygen atoms in total. The number of thioether (sulfide) groups is 1. The molecule has 0 bridgehead atoms. The summed E-state index contributed by atoms with van der Waals surface area (Å²) in [5, 5.41) is 10.3. The molecular weight excluding hydrogens is 352 g/mol. The van der Waals surface area contributed by atoms with Crippen molar-refractivity contribution in [2.24, 2.45) is 5.41 Å². The van der Waals surface area contributed by atoms with Gasteiger partial charge in [0.25, 0.3) is 0 Å². The standard InChI is InChI=1S/C18H24N4OS2/c1-13-11-24-17(20-13)25-15-5-3-14(4-6-15)21-16(23)18(7-8-18)12-22-10-2-9-19-22/h2,9-11,14-15H,3-8,12H2,1H3,(H,21,23). The van der Waals surface area contributed by atoms with Crippen LogP contribution in [0.3, 0.4) is 0 Å². The molecule has 7 heteroatoms. The molecular formula is C18H24N4OS2. The zero-order valence-corrected chi connectivity index (χ0v) is 16.1. The van der Waals surface area contributed by atoms with Crippen molar-refractivity contribution in [3.63, 3.8) is 0 Å². The molecule has 134 valence electrons. The summed E-state index contributed by atoms with van der Waals surface area (Å²) in [5.41, 5.74) is 0.899. The van der Waals surface area contributed by atoms with E-state index in [1.54, 1.807) is 17.5 Å². The number of thiazole rings is 1. The number of hydrogen-bond donors (Lipinski definition) is 1. The molecule has 2 aliphatic rings. The second-order valence-electron chi connectivity index (χ2n) is 7.30. The Balaban J connectivity index is 1.25. The number of hydrogen-bond acceptors (Lipinski definition) is 5. The average Bonchev–Trinajstić information content (AvgIpc) is 2.99. The predicted molar refractivity (Wildman–Crippen MR) is 101 cm³/mol. The molecule has 2 heterocycles. The predicted octanol–water partition coefficient (Wildman–Crippen LogP) is 3.65. The van der Waals surface area contributed by atoms with Crippen LogP contribution in [0.1, 0.15) is 44.2 Å². The third kappa shape index (κ3) is 4.08. The van der Waals surface area contributed by atoms with Crippen LogP contribution in [0, 0.1) is 12.3 Å². The maximum absolute atomic E-state index is 12.7. The normalized spacial score (nSPS) is 24.8. The maximum atomic E-state index is 12.7. The molecule has 2 fully saturated rings. The number of aryl methyl sites for hydroxylation is 1. The second kappa shape index (κ2) is 7.11. The minimum atomic E-state index is -0.212. The molecule has 0 spiro atoms. The fourth-order valence-electron chi connectivity index (χ4n) is 3.50. The Hall–Kier alpha value is -1.34. The lowest BCUT2D eigenvalue weighted by atomic mass is 9.94. The van der Waals surface area contributed by atoms with Crippen LogP contribution >= 0.6 is 23.1 Å². The molecule has 0 aliphatic heterocycles. The molecule has 2 saturated carbocycles. The first-order valence-electron chi connectivity index (χ1n) is 9.00. The van der Waals surface area contributed by atoms with Gasteiger partial charge in [0.05, 0.1) is 12.0 Å². The van der Waals surface area contributed by atoms with Crippen LogP contribution in [0.2, 0.25) is 0 Å². The molecule has 0 atom stereocenters. The highest BCUT2D eigenvalue weighted by atomic mass is 32.2. The summed E-state index contributed by atoms with van der Waals surface area (Å²) in [6.07, 6.45) is 10.1. The van der Waals surface area contributed by atoms with Crippen LogP contribution in [0.15, 0.2) is 28.2 Å². The lowest BCUT2D eigenvalue weighted by Gasteiger charge is -2.29. The van der Waals surface area contributed by atoms with Crippen LogP contribution in [-0.4, -0.2) is 32.0 Å². The Morgan fingerprint density at radius 2 is 2.20 bits per heavy atom. The maximum Gasteiger partial charge on any atom is 0.228 e. The van der Waals surface area contributed by atoms with Crippen molar-refractivity contribution in [2.75, 3.05) is 0 Å². The Labute approximate surface area is 156 Å². The number of amides is 1. The third-order valence-corrected chi connectivity index (χ3v) is 7.66. The summed E-state index contributed by atoms with van der Waals surface area (Å²) in [7, 11) is 0. The van der Waals surface area contributed by atoms with Gasteiger partial charge in [-0.1, -0.05) is 11.8 Å². The SMILES string of the molecule is Cc1csc(SC2CCC(NC(=O)C3(Cn4cccn4)CC3)CC2)n1. The summed E-state index contributed by atoms with van der Waals surface area (Å²) in [5.74, 6) is 0.231. The lowest BCUT2D eigenvalue weighted by molar-refractivity contribution is -0.127. The average molecular weight is 377 g/mol. The van der Waals surface area contributed by atoms with E-state index in [4.69, 9.17) is 0 Å². The van der Waals surface area contributed by atoms with Crippen molar-refractivity contribution in [3.05, 3.63) is 29.5 Å². The van der Waals surface area contributed by atoms with Gasteiger partial charge in [0.15, 0.2) is 0 Å². The molecule has 2 aromatic rings. The summed E-state index contributed by atoms with van der Waals surface area (Å²) in [4.78, 5) is 17.3. The van der Waals surface area contributed by atoms with Crippen molar-refractivity contribution >= 4 is 29.0 Å². The van der Waals surface area contributed by atoms with Crippen molar-refractivity contribution in [3.8, 4) is 0 Å². The van der Waals surface area contributed by atoms with Gasteiger partial charge in [-0.05, 0) is 51.5 Å². The molecule has 25 heavy (non-hydrogen) atoms. The molecule has 1 amide bonds. The van der Waals surface area contributed by atoms with Gasteiger partial charge in [0, 0.05) is 34.8 Å². The Morgan fingerprint density at radius 3 is 2.80 bits per heavy atom. The molecule has 1 N–H and O–H groups in total. The number of carbonyl (C=O) groups excluding carboxylic acids is 1. The second-order valence-corrected chi connectivity index (χ2v) is 9.71. The van der Waals surface area contributed by atoms with Crippen LogP contribution in [0.5, 0.6) is 0 Å². The summed E-state index contributed by atoms with van der Waals surface area (Å²) >= 11 is 3.65. The third-order valence-electron chi connectivity index (χ3n) is 5.23. The number of rotatable bonds is 6. The molecule has 2 aromatic heterocycles. The Bertz CT molecular complexity index is 715. The minimum absolute atomic E-state index is 0.212. The van der Waals surface area contributed by atoms with Crippen LogP contribution in [-0.2, 0) is 11.3 Å². The fourth-order valence-corrected chi connectivity index (χ4v) is 5.79. The van der Waals surface area contributed by atoms with E-state index in [0.717, 1.165) is 44.2 Å². The monoisotopic (exact) mass is 376 g/mol. The first-order valence-corrected chi connectivity index (χ1v) is 10.8. The summed E-state index contributed by atoms with van der Waals surface area (Å²) in [6, 6.07) is 2.24. The first-order chi connectivity index (χ1) is 12.1. The summed E-state index contributed by atoms with van der Waals surface area (Å²) in [6.45, 7) is 2.75. The van der Waals surface area contributed by atoms with Gasteiger partial charge in [-0.3, -0.25) is 9.48 Å². The Kier molecular flexibility index (Phi) is 4.86. The number of carbonyl (C=O) groups is 1. The van der Waals surface area contributed by atoms with Crippen LogP contribution in [0.4, 0.5) is 0 Å². The van der Waals surface area contributed by atoms with E-state index >= 15 is 0 Å². The Morgan fingerprint density at radius 1 is 1.40 bits per heavy atom. The van der Waals surface area contributed by atoms with E-state index in [9.17, 15) is 4.79 Å². The number of nitrogens with one attached hydrogen (secondary N) is 1. The zero-order valence-electron chi connectivity index (χ0n) is 14.5. The van der Waals surface area contributed by atoms with E-state index in [1.807, 2.05) is 35.6 Å². The van der Waals surface area contributed by atoms with Gasteiger partial charge in [0.1, 0.15) is 4.34 Å². The van der Waals surface area contributed by atoms with Gasteiger partial charge < -0.3 is 5.32 Å². The van der Waals surface area contributed by atoms with Gasteiger partial charge in [0.2, 0.25) is 5.91 Å². The fraction of sp³-hybridized carbons (Fsp3) is 0.611. The van der Waals surface area contributed by atoms with Gasteiger partial charge >= 0.3 is 0 Å². The molecule has 0 saturated heterocycles. The molecule has 0 aromatic carbocycles. The number of nitrogens with zero attached hydrogens (tertiary/aromatic N) is 3. The number of aromatic nitrogens is 3. The minimum Gasteiger partial charge on any atom is -0.353 e. The van der Waals surface area contributed by atoms with E-state index in [0.29, 0.717) is 17.8 Å².